The van der Waals surface area contributed by atoms with Gasteiger partial charge in [0.2, 0.25) is 0 Å². The van der Waals surface area contributed by atoms with Crippen LogP contribution in [-0.4, -0.2) is 41.5 Å². The van der Waals surface area contributed by atoms with E-state index in [2.05, 4.69) is 51.8 Å². The average molecular weight is 488 g/mol. The maximum absolute atomic E-state index is 13.6. The molecule has 30 heavy (non-hydrogen) atoms. The summed E-state index contributed by atoms with van der Waals surface area (Å²) in [7, 11) is 4.28. The van der Waals surface area contributed by atoms with E-state index >= 15 is 0 Å². The van der Waals surface area contributed by atoms with E-state index in [0.717, 1.165) is 38.8 Å². The minimum absolute atomic E-state index is 0.140. The second-order valence-electron chi connectivity index (χ2n) is 8.78. The Kier molecular flexibility index (Phi) is 4.96. The van der Waals surface area contributed by atoms with E-state index in [1.807, 2.05) is 30.3 Å². The van der Waals surface area contributed by atoms with Gasteiger partial charge in [-0.15, -0.1) is 0 Å². The zero-order valence-corrected chi connectivity index (χ0v) is 19.5. The van der Waals surface area contributed by atoms with Crippen LogP contribution in [0.5, 0.6) is 5.75 Å². The van der Waals surface area contributed by atoms with Gasteiger partial charge in [-0.2, -0.15) is 0 Å². The van der Waals surface area contributed by atoms with Crippen LogP contribution < -0.4 is 4.74 Å². The van der Waals surface area contributed by atoms with Gasteiger partial charge in [0.25, 0.3) is 0 Å². The Balaban J connectivity index is 1.50. The maximum Gasteiger partial charge on any atom is 0.171 e. The molecule has 0 saturated heterocycles. The number of likely N-dealkylation sites (N-methyl/N-ethyl adjacent to an activating group) is 1. The Morgan fingerprint density at radius 2 is 2.07 bits per heavy atom. The Morgan fingerprint density at radius 3 is 2.80 bits per heavy atom. The summed E-state index contributed by atoms with van der Waals surface area (Å²) in [6.45, 7) is 1.29. The molecule has 0 spiro atoms. The van der Waals surface area contributed by atoms with Gasteiger partial charge < -0.3 is 14.2 Å². The van der Waals surface area contributed by atoms with Crippen molar-refractivity contribution in [3.05, 3.63) is 63.2 Å². The van der Waals surface area contributed by atoms with Gasteiger partial charge in [-0.1, -0.05) is 33.6 Å². The van der Waals surface area contributed by atoms with Crippen molar-refractivity contribution in [2.24, 2.45) is 5.92 Å². The number of rotatable bonds is 5. The minimum atomic E-state index is -0.206. The molecular weight excluding hydrogens is 464 g/mol. The van der Waals surface area contributed by atoms with Crippen molar-refractivity contribution in [2.45, 2.75) is 31.3 Å². The molecule has 1 unspecified atom stereocenters. The number of hydrogen-bond donors (Lipinski definition) is 0. The molecule has 2 aliphatic rings. The molecule has 0 amide bonds. The summed E-state index contributed by atoms with van der Waals surface area (Å²) in [5, 5.41) is 1.68. The minimum Gasteiger partial charge on any atom is -0.493 e. The number of ketones is 1. The van der Waals surface area contributed by atoms with E-state index in [4.69, 9.17) is 16.3 Å². The molecule has 1 saturated carbocycles. The molecule has 0 bridgehead atoms. The van der Waals surface area contributed by atoms with E-state index in [9.17, 15) is 4.79 Å². The molecule has 5 rings (SSSR count). The third-order valence-corrected chi connectivity index (χ3v) is 7.38. The lowest BCUT2D eigenvalue weighted by Gasteiger charge is -2.25. The van der Waals surface area contributed by atoms with Gasteiger partial charge >= 0.3 is 0 Å². The number of carbonyl (C=O) groups excluding carboxylic acids is 1. The highest BCUT2D eigenvalue weighted by Crippen LogP contribution is 2.43. The lowest BCUT2D eigenvalue weighted by atomic mass is 9.89. The van der Waals surface area contributed by atoms with Crippen LogP contribution in [0.15, 0.2) is 47.1 Å². The van der Waals surface area contributed by atoms with Crippen LogP contribution in [0.4, 0.5) is 0 Å². The van der Waals surface area contributed by atoms with Gasteiger partial charge in [-0.3, -0.25) is 4.79 Å². The number of ether oxygens (including phenoxy) is 1. The maximum atomic E-state index is 13.6. The first kappa shape index (κ1) is 20.1. The molecule has 6 heteroatoms. The second-order valence-corrected chi connectivity index (χ2v) is 10.1. The van der Waals surface area contributed by atoms with Gasteiger partial charge in [0.15, 0.2) is 5.78 Å². The largest absolute Gasteiger partial charge is 0.493 e. The molecule has 1 fully saturated rings. The van der Waals surface area contributed by atoms with Crippen LogP contribution in [0.1, 0.15) is 28.8 Å². The topological polar surface area (TPSA) is 34.5 Å². The highest BCUT2D eigenvalue weighted by molar-refractivity contribution is 9.10. The summed E-state index contributed by atoms with van der Waals surface area (Å²) in [6, 6.07) is 11.8. The van der Waals surface area contributed by atoms with Gasteiger partial charge in [0.1, 0.15) is 5.75 Å². The average Bonchev–Trinajstić information content (AvgIpc) is 3.43. The first-order valence-electron chi connectivity index (χ1n) is 10.3. The Hall–Kier alpha value is -1.82. The molecule has 1 aliphatic heterocycles. The van der Waals surface area contributed by atoms with Crippen molar-refractivity contribution in [1.29, 1.82) is 0 Å². The highest BCUT2D eigenvalue weighted by atomic mass is 79.9. The summed E-state index contributed by atoms with van der Waals surface area (Å²) in [6.07, 6.45) is 5.08. The summed E-state index contributed by atoms with van der Waals surface area (Å²) < 4.78 is 9.17. The first-order chi connectivity index (χ1) is 14.4. The van der Waals surface area contributed by atoms with Crippen molar-refractivity contribution < 1.29 is 9.53 Å². The monoisotopic (exact) mass is 486 g/mol. The van der Waals surface area contributed by atoms with Crippen molar-refractivity contribution in [3.63, 3.8) is 0 Å². The summed E-state index contributed by atoms with van der Waals surface area (Å²) in [4.78, 5) is 15.9. The van der Waals surface area contributed by atoms with Gasteiger partial charge in [-0.25, -0.2) is 0 Å². The second kappa shape index (κ2) is 7.40. The molecule has 1 atom stereocenters. The zero-order valence-electron chi connectivity index (χ0n) is 17.1. The lowest BCUT2D eigenvalue weighted by molar-refractivity contribution is 0.0856. The Labute approximate surface area is 189 Å². The number of halogens is 2. The lowest BCUT2D eigenvalue weighted by Crippen LogP contribution is -2.34. The standard InChI is InChI=1S/C24H24BrClN2O2/c1-27(2)24(7-8-24)14-28-12-20(19-5-3-17(25)11-21(19)28)23(29)16-9-15-10-18(26)4-6-22(15)30-13-16/h3-6,10-12,16H,7-9,13-14H2,1-2H3. The number of fused-ring (bicyclic) bond motifs is 2. The third kappa shape index (κ3) is 3.47. The first-order valence-corrected chi connectivity index (χ1v) is 11.4. The van der Waals surface area contributed by atoms with Crippen LogP contribution in [0, 0.1) is 5.92 Å². The van der Waals surface area contributed by atoms with Gasteiger partial charge in [0, 0.05) is 44.2 Å². The molecule has 4 nitrogen and oxygen atoms in total. The zero-order chi connectivity index (χ0) is 21.0. The van der Waals surface area contributed by atoms with Gasteiger partial charge in [0.05, 0.1) is 12.5 Å². The van der Waals surface area contributed by atoms with E-state index in [0.29, 0.717) is 18.1 Å². The van der Waals surface area contributed by atoms with E-state index in [1.165, 1.54) is 12.8 Å². The van der Waals surface area contributed by atoms with Gasteiger partial charge in [-0.05, 0) is 69.3 Å². The Bertz CT molecular complexity index is 1150. The highest BCUT2D eigenvalue weighted by Gasteiger charge is 2.45. The summed E-state index contributed by atoms with van der Waals surface area (Å²) in [5.41, 5.74) is 3.08. The third-order valence-electron chi connectivity index (χ3n) is 6.65. The fourth-order valence-electron chi connectivity index (χ4n) is 4.55. The molecule has 0 N–H and O–H groups in total. The molecule has 156 valence electrons. The predicted octanol–water partition coefficient (Wildman–Crippen LogP) is 5.59. The van der Waals surface area contributed by atoms with E-state index < -0.39 is 0 Å². The van der Waals surface area contributed by atoms with Crippen LogP contribution in [-0.2, 0) is 13.0 Å². The number of hydrogen-bond acceptors (Lipinski definition) is 3. The fraction of sp³-hybridized carbons (Fsp3) is 0.375. The SMILES string of the molecule is CN(C)C1(Cn2cc(C(=O)C3COc4ccc(Cl)cc4C3)c3ccc(Br)cc32)CC1. The van der Waals surface area contributed by atoms with Crippen molar-refractivity contribution in [3.8, 4) is 5.75 Å². The molecule has 2 aromatic carbocycles. The number of nitrogens with zero attached hydrogens (tertiary/aromatic N) is 2. The molecule has 1 aromatic heterocycles. The molecule has 2 heterocycles. The molecule has 3 aromatic rings. The van der Waals surface area contributed by atoms with Crippen LogP contribution in [0.25, 0.3) is 10.9 Å². The van der Waals surface area contributed by atoms with Crippen LogP contribution in [0.3, 0.4) is 0 Å². The smallest absolute Gasteiger partial charge is 0.171 e. The normalized spacial score (nSPS) is 19.6. The Morgan fingerprint density at radius 1 is 1.27 bits per heavy atom. The quantitative estimate of drug-likeness (QED) is 0.440. The number of benzene rings is 2. The summed E-state index contributed by atoms with van der Waals surface area (Å²) >= 11 is 9.76. The van der Waals surface area contributed by atoms with E-state index in [-0.39, 0.29) is 17.2 Å². The summed E-state index contributed by atoms with van der Waals surface area (Å²) in [5.74, 6) is 0.764. The van der Waals surface area contributed by atoms with Crippen LogP contribution in [0.2, 0.25) is 5.02 Å². The van der Waals surface area contributed by atoms with Crippen molar-refractivity contribution in [1.82, 2.24) is 9.47 Å². The number of Topliss-reactive ketones (excluding diaryl/α,β-unsaturated/α-hetero) is 1. The molecular formula is C24H24BrClN2O2. The van der Waals surface area contributed by atoms with Crippen molar-refractivity contribution in [2.75, 3.05) is 20.7 Å². The van der Waals surface area contributed by atoms with Crippen molar-refractivity contribution >= 4 is 44.2 Å². The number of carbonyl (C=O) groups is 1. The molecule has 1 aliphatic carbocycles. The van der Waals surface area contributed by atoms with E-state index in [1.54, 1.807) is 0 Å². The van der Waals surface area contributed by atoms with Crippen LogP contribution >= 0.6 is 27.5 Å². The number of aromatic nitrogens is 1. The molecule has 0 radical (unpaired) electrons. The fourth-order valence-corrected chi connectivity index (χ4v) is 5.10. The predicted molar refractivity (Wildman–Crippen MR) is 124 cm³/mol.